The van der Waals surface area contributed by atoms with E-state index in [9.17, 15) is 18.7 Å². The summed E-state index contributed by atoms with van der Waals surface area (Å²) in [6.07, 6.45) is 2.32. The van der Waals surface area contributed by atoms with Crippen molar-refractivity contribution in [3.05, 3.63) is 47.2 Å². The van der Waals surface area contributed by atoms with E-state index in [1.54, 1.807) is 6.07 Å². The van der Waals surface area contributed by atoms with Crippen LogP contribution in [-0.2, 0) is 10.2 Å². The smallest absolute Gasteiger partial charge is 0.235 e. The molecule has 2 bridgehead atoms. The molecule has 1 saturated carbocycles. The van der Waals surface area contributed by atoms with Gasteiger partial charge in [-0.05, 0) is 54.4 Å². The molecule has 0 radical (unpaired) electrons. The van der Waals surface area contributed by atoms with E-state index in [1.807, 2.05) is 4.90 Å². The molecule has 3 atom stereocenters. The number of aliphatic hydroxyl groups excluding tert-OH is 1. The van der Waals surface area contributed by atoms with Gasteiger partial charge in [-0.2, -0.15) is 5.10 Å². The van der Waals surface area contributed by atoms with Crippen LogP contribution in [0.25, 0.3) is 11.3 Å². The van der Waals surface area contributed by atoms with Crippen molar-refractivity contribution < 1.29 is 18.7 Å². The molecule has 2 heterocycles. The minimum atomic E-state index is -0.781. The molecule has 0 unspecified atom stereocenters. The van der Waals surface area contributed by atoms with Gasteiger partial charge in [0.05, 0.1) is 22.4 Å². The summed E-state index contributed by atoms with van der Waals surface area (Å²) in [7, 11) is 0. The molecule has 1 N–H and O–H groups in total. The Morgan fingerprint density at radius 1 is 1.23 bits per heavy atom. The first-order valence-electron chi connectivity index (χ1n) is 10.5. The lowest BCUT2D eigenvalue weighted by Gasteiger charge is -2.39. The number of aromatic nitrogens is 2. The largest absolute Gasteiger partial charge is 0.396 e. The molecule has 30 heavy (non-hydrogen) atoms. The first-order valence-corrected chi connectivity index (χ1v) is 10.5. The van der Waals surface area contributed by atoms with Crippen molar-refractivity contribution in [3.8, 4) is 11.3 Å². The lowest BCUT2D eigenvalue weighted by Crippen LogP contribution is -2.51. The zero-order valence-corrected chi connectivity index (χ0v) is 17.2. The van der Waals surface area contributed by atoms with Crippen LogP contribution in [0.3, 0.4) is 0 Å². The molecule has 1 aliphatic heterocycles. The predicted molar refractivity (Wildman–Crippen MR) is 107 cm³/mol. The maximum Gasteiger partial charge on any atom is 0.235 e. The summed E-state index contributed by atoms with van der Waals surface area (Å²) in [5.74, 6) is -1.11. The highest BCUT2D eigenvalue weighted by molar-refractivity contribution is 5.92. The summed E-state index contributed by atoms with van der Waals surface area (Å²) in [5, 5.41) is 18.1. The van der Waals surface area contributed by atoms with E-state index >= 15 is 0 Å². The van der Waals surface area contributed by atoms with Gasteiger partial charge >= 0.3 is 0 Å². The number of fused-ring (bicyclic) bond motifs is 5. The SMILES string of the molecule is CC1(C)[C@@H]2CC[C@@]1(C(=O)N1CC[C@H](CO)C1)c1nnc(-c3c(F)cccc3F)cc12. The van der Waals surface area contributed by atoms with Crippen molar-refractivity contribution in [1.82, 2.24) is 15.1 Å². The second-order valence-corrected chi connectivity index (χ2v) is 9.44. The second-order valence-electron chi connectivity index (χ2n) is 9.44. The third-order valence-corrected chi connectivity index (χ3v) is 7.80. The summed E-state index contributed by atoms with van der Waals surface area (Å²) in [4.78, 5) is 15.6. The number of carbonyl (C=O) groups excluding carboxylic acids is 1. The van der Waals surface area contributed by atoms with Gasteiger partial charge in [-0.3, -0.25) is 4.79 Å². The van der Waals surface area contributed by atoms with Crippen LogP contribution in [0, 0.1) is 23.0 Å². The summed E-state index contributed by atoms with van der Waals surface area (Å²) in [6, 6.07) is 5.47. The number of nitrogens with zero attached hydrogens (tertiary/aromatic N) is 3. The number of aliphatic hydroxyl groups is 1. The average molecular weight is 413 g/mol. The van der Waals surface area contributed by atoms with Crippen LogP contribution in [0.2, 0.25) is 0 Å². The Balaban J connectivity index is 1.60. The van der Waals surface area contributed by atoms with E-state index in [4.69, 9.17) is 0 Å². The number of hydrogen-bond donors (Lipinski definition) is 1. The minimum absolute atomic E-state index is 0.0452. The van der Waals surface area contributed by atoms with Crippen LogP contribution in [0.1, 0.15) is 50.3 Å². The summed E-state index contributed by atoms with van der Waals surface area (Å²) in [5.41, 5.74) is 0.365. The first-order chi connectivity index (χ1) is 14.3. The first kappa shape index (κ1) is 19.5. The van der Waals surface area contributed by atoms with Gasteiger partial charge in [0, 0.05) is 25.6 Å². The van der Waals surface area contributed by atoms with Crippen LogP contribution in [-0.4, -0.2) is 45.8 Å². The van der Waals surface area contributed by atoms with Crippen LogP contribution < -0.4 is 0 Å². The zero-order chi connectivity index (χ0) is 21.3. The fraction of sp³-hybridized carbons (Fsp3) is 0.522. The molecule has 7 heteroatoms. The minimum Gasteiger partial charge on any atom is -0.396 e. The van der Waals surface area contributed by atoms with E-state index < -0.39 is 17.0 Å². The molecule has 5 nitrogen and oxygen atoms in total. The fourth-order valence-electron chi connectivity index (χ4n) is 6.10. The van der Waals surface area contributed by atoms with Gasteiger partial charge in [0.2, 0.25) is 5.91 Å². The Morgan fingerprint density at radius 2 is 1.97 bits per heavy atom. The van der Waals surface area contributed by atoms with E-state index in [2.05, 4.69) is 24.0 Å². The molecule has 2 aromatic rings. The Bertz CT molecular complexity index is 1020. The van der Waals surface area contributed by atoms with E-state index in [1.165, 1.54) is 18.2 Å². The van der Waals surface area contributed by atoms with Crippen molar-refractivity contribution in [3.63, 3.8) is 0 Å². The van der Waals surface area contributed by atoms with Crippen LogP contribution >= 0.6 is 0 Å². The topological polar surface area (TPSA) is 66.3 Å². The number of likely N-dealkylation sites (tertiary alicyclic amines) is 1. The van der Waals surface area contributed by atoms with Crippen molar-refractivity contribution in [1.29, 1.82) is 0 Å². The maximum absolute atomic E-state index is 14.3. The van der Waals surface area contributed by atoms with Gasteiger partial charge in [-0.1, -0.05) is 19.9 Å². The van der Waals surface area contributed by atoms with E-state index in [-0.39, 0.29) is 41.0 Å². The Kier molecular flexibility index (Phi) is 4.26. The molecule has 1 aromatic carbocycles. The number of amides is 1. The van der Waals surface area contributed by atoms with Crippen LogP contribution in [0.4, 0.5) is 8.78 Å². The van der Waals surface area contributed by atoms with Crippen molar-refractivity contribution in [2.24, 2.45) is 11.3 Å². The monoisotopic (exact) mass is 413 g/mol. The number of hydrogen-bond acceptors (Lipinski definition) is 4. The molecule has 2 fully saturated rings. The van der Waals surface area contributed by atoms with Gasteiger partial charge < -0.3 is 10.0 Å². The van der Waals surface area contributed by atoms with Crippen LogP contribution in [0.15, 0.2) is 24.3 Å². The lowest BCUT2D eigenvalue weighted by atomic mass is 9.67. The highest BCUT2D eigenvalue weighted by atomic mass is 19.1. The van der Waals surface area contributed by atoms with Gasteiger partial charge in [0.15, 0.2) is 0 Å². The van der Waals surface area contributed by atoms with Crippen molar-refractivity contribution in [2.45, 2.75) is 44.4 Å². The fourth-order valence-corrected chi connectivity index (χ4v) is 6.10. The second kappa shape index (κ2) is 6.54. The van der Waals surface area contributed by atoms with Crippen molar-refractivity contribution >= 4 is 5.91 Å². The molecule has 3 aliphatic rings. The molecule has 158 valence electrons. The zero-order valence-electron chi connectivity index (χ0n) is 17.2. The molecule has 2 aliphatic carbocycles. The number of halogens is 2. The number of carbonyl (C=O) groups is 1. The standard InChI is InChI=1S/C23H25F2N3O2/c1-22(2)15-6-8-23(22,21(30)28-9-7-13(11-28)12-29)20-14(15)10-18(26-27-20)19-16(24)4-3-5-17(19)25/h3-5,10,13,15,29H,6-9,11-12H2,1-2H3/t13-,15+,23-/m0/s1. The quantitative estimate of drug-likeness (QED) is 0.838. The normalized spacial score (nSPS) is 28.8. The Labute approximate surface area is 174 Å². The van der Waals surface area contributed by atoms with Crippen LogP contribution in [0.5, 0.6) is 0 Å². The summed E-state index contributed by atoms with van der Waals surface area (Å²) < 4.78 is 28.6. The highest BCUT2D eigenvalue weighted by Crippen LogP contribution is 2.68. The number of benzene rings is 1. The third-order valence-electron chi connectivity index (χ3n) is 7.80. The maximum atomic E-state index is 14.3. The average Bonchev–Trinajstić information content (AvgIpc) is 3.35. The molecule has 1 saturated heterocycles. The number of rotatable bonds is 3. The van der Waals surface area contributed by atoms with Crippen molar-refractivity contribution in [2.75, 3.05) is 19.7 Å². The molecule has 5 rings (SSSR count). The van der Waals surface area contributed by atoms with E-state index in [0.717, 1.165) is 18.4 Å². The van der Waals surface area contributed by atoms with Gasteiger partial charge in [0.25, 0.3) is 0 Å². The van der Waals surface area contributed by atoms with E-state index in [0.29, 0.717) is 25.2 Å². The highest BCUT2D eigenvalue weighted by Gasteiger charge is 2.68. The van der Waals surface area contributed by atoms with Gasteiger partial charge in [-0.25, -0.2) is 8.78 Å². The molecular formula is C23H25F2N3O2. The Hall–Kier alpha value is -2.41. The Morgan fingerprint density at radius 3 is 2.63 bits per heavy atom. The molecular weight excluding hydrogens is 388 g/mol. The summed E-state index contributed by atoms with van der Waals surface area (Å²) in [6.45, 7) is 5.45. The van der Waals surface area contributed by atoms with Gasteiger partial charge in [0.1, 0.15) is 11.6 Å². The molecule has 1 amide bonds. The van der Waals surface area contributed by atoms with Gasteiger partial charge in [-0.15, -0.1) is 5.10 Å². The predicted octanol–water partition coefficient (Wildman–Crippen LogP) is 3.42. The third kappa shape index (κ3) is 2.38. The molecule has 1 aromatic heterocycles. The molecule has 0 spiro atoms. The lowest BCUT2D eigenvalue weighted by molar-refractivity contribution is -0.140. The summed E-state index contributed by atoms with van der Waals surface area (Å²) >= 11 is 0.